The topological polar surface area (TPSA) is 55.8 Å². The Hall–Kier alpha value is -1.89. The van der Waals surface area contributed by atoms with Gasteiger partial charge in [-0.2, -0.15) is 0 Å². The summed E-state index contributed by atoms with van der Waals surface area (Å²) in [6.07, 6.45) is 1.48. The molecule has 0 spiro atoms. The molecule has 1 aliphatic heterocycles. The molecule has 0 N–H and O–H groups in total. The molecule has 0 radical (unpaired) electrons. The zero-order valence-corrected chi connectivity index (χ0v) is 15.4. The van der Waals surface area contributed by atoms with Crippen LogP contribution in [0.25, 0.3) is 0 Å². The van der Waals surface area contributed by atoms with E-state index in [9.17, 15) is 8.42 Å². The van der Waals surface area contributed by atoms with Gasteiger partial charge in [0.15, 0.2) is 11.5 Å². The first kappa shape index (κ1) is 17.9. The minimum atomic E-state index is -3.91. The molecule has 1 heterocycles. The summed E-state index contributed by atoms with van der Waals surface area (Å²) in [6.45, 7) is 4.47. The molecule has 0 bridgehead atoms. The second-order valence-corrected chi connectivity index (χ2v) is 7.93. The lowest BCUT2D eigenvalue weighted by atomic mass is 10.3. The average molecular weight is 400 g/mol. The summed E-state index contributed by atoms with van der Waals surface area (Å²) in [5.74, 6) is 0.907. The van der Waals surface area contributed by atoms with E-state index in [1.807, 2.05) is 0 Å². The predicted octanol–water partition coefficient (Wildman–Crippen LogP) is 4.15. The van der Waals surface area contributed by atoms with Crippen molar-refractivity contribution < 1.29 is 17.9 Å². The third-order valence-corrected chi connectivity index (χ3v) is 5.90. The molecule has 5 nitrogen and oxygen atoms in total. The molecule has 0 saturated heterocycles. The molecule has 25 heavy (non-hydrogen) atoms. The minimum Gasteiger partial charge on any atom is -0.486 e. The second-order valence-electron chi connectivity index (χ2n) is 5.23. The van der Waals surface area contributed by atoms with Gasteiger partial charge in [-0.15, -0.1) is 6.58 Å². The fourth-order valence-corrected chi connectivity index (χ4v) is 4.33. The number of anilines is 1. The molecule has 0 atom stereocenters. The van der Waals surface area contributed by atoms with Crippen LogP contribution in [0, 0.1) is 0 Å². The summed E-state index contributed by atoms with van der Waals surface area (Å²) in [5.41, 5.74) is 0.281. The summed E-state index contributed by atoms with van der Waals surface area (Å²) in [7, 11) is -3.91. The van der Waals surface area contributed by atoms with Crippen molar-refractivity contribution in [3.63, 3.8) is 0 Å². The van der Waals surface area contributed by atoms with Gasteiger partial charge in [0.05, 0.1) is 22.2 Å². The zero-order chi connectivity index (χ0) is 18.0. The van der Waals surface area contributed by atoms with Crippen LogP contribution in [0.1, 0.15) is 0 Å². The number of ether oxygens (including phenoxy) is 2. The van der Waals surface area contributed by atoms with Crippen LogP contribution in [0.4, 0.5) is 5.69 Å². The molecule has 0 aliphatic carbocycles. The maximum absolute atomic E-state index is 13.2. The van der Waals surface area contributed by atoms with Crippen molar-refractivity contribution in [2.45, 2.75) is 4.90 Å². The van der Waals surface area contributed by atoms with Crippen molar-refractivity contribution in [1.29, 1.82) is 0 Å². The number of halogens is 2. The van der Waals surface area contributed by atoms with E-state index in [4.69, 9.17) is 32.7 Å². The van der Waals surface area contributed by atoms with Crippen molar-refractivity contribution in [3.05, 3.63) is 59.1 Å². The van der Waals surface area contributed by atoms with Crippen molar-refractivity contribution >= 4 is 38.9 Å². The Kier molecular flexibility index (Phi) is 5.13. The van der Waals surface area contributed by atoms with Crippen molar-refractivity contribution in [1.82, 2.24) is 0 Å². The van der Waals surface area contributed by atoms with Crippen LogP contribution in [0.5, 0.6) is 11.5 Å². The van der Waals surface area contributed by atoms with Crippen LogP contribution in [0.15, 0.2) is 53.9 Å². The predicted molar refractivity (Wildman–Crippen MR) is 98.6 cm³/mol. The van der Waals surface area contributed by atoms with Crippen LogP contribution in [-0.4, -0.2) is 28.2 Å². The van der Waals surface area contributed by atoms with Gasteiger partial charge in [-0.1, -0.05) is 29.3 Å². The highest BCUT2D eigenvalue weighted by Gasteiger charge is 2.27. The average Bonchev–Trinajstić information content (AvgIpc) is 2.61. The standard InChI is InChI=1S/C17H15Cl2NO4S/c1-2-7-20(15-10-12(18)3-5-14(15)19)25(21,22)13-4-6-16-17(11-13)24-9-8-23-16/h2-6,10-11H,1,7-9H2. The second kappa shape index (κ2) is 7.15. The fourth-order valence-electron chi connectivity index (χ4n) is 2.43. The van der Waals surface area contributed by atoms with E-state index in [0.717, 1.165) is 4.31 Å². The van der Waals surface area contributed by atoms with E-state index in [0.29, 0.717) is 29.7 Å². The molecule has 1 aliphatic rings. The highest BCUT2D eigenvalue weighted by atomic mass is 35.5. The maximum atomic E-state index is 13.2. The van der Waals surface area contributed by atoms with Gasteiger partial charge in [-0.05, 0) is 30.3 Å². The Balaban J connectivity index is 2.09. The fraction of sp³-hybridized carbons (Fsp3) is 0.176. The van der Waals surface area contributed by atoms with Gasteiger partial charge in [-0.25, -0.2) is 8.42 Å². The third-order valence-electron chi connectivity index (χ3n) is 3.57. The smallest absolute Gasteiger partial charge is 0.264 e. The van der Waals surface area contributed by atoms with Gasteiger partial charge in [0.25, 0.3) is 10.0 Å². The molecule has 0 saturated carbocycles. The number of fused-ring (bicyclic) bond motifs is 1. The van der Waals surface area contributed by atoms with E-state index in [1.165, 1.54) is 24.3 Å². The highest BCUT2D eigenvalue weighted by molar-refractivity contribution is 7.92. The van der Waals surface area contributed by atoms with Crippen LogP contribution >= 0.6 is 23.2 Å². The molecule has 0 fully saturated rings. The molecule has 132 valence electrons. The number of benzene rings is 2. The summed E-state index contributed by atoms with van der Waals surface area (Å²) in [6, 6.07) is 9.14. The number of sulfonamides is 1. The van der Waals surface area contributed by atoms with E-state index in [2.05, 4.69) is 6.58 Å². The van der Waals surface area contributed by atoms with Crippen LogP contribution < -0.4 is 13.8 Å². The molecule has 2 aromatic carbocycles. The first-order valence-electron chi connectivity index (χ1n) is 7.42. The number of hydrogen-bond donors (Lipinski definition) is 0. The van der Waals surface area contributed by atoms with Gasteiger partial charge < -0.3 is 9.47 Å². The first-order chi connectivity index (χ1) is 11.9. The van der Waals surface area contributed by atoms with Crippen LogP contribution in [-0.2, 0) is 10.0 Å². The Bertz CT molecular complexity index is 915. The Morgan fingerprint density at radius 1 is 1.08 bits per heavy atom. The van der Waals surface area contributed by atoms with Crippen molar-refractivity contribution in [3.8, 4) is 11.5 Å². The molecular weight excluding hydrogens is 385 g/mol. The Morgan fingerprint density at radius 3 is 2.52 bits per heavy atom. The molecular formula is C17H15Cl2NO4S. The monoisotopic (exact) mass is 399 g/mol. The van der Waals surface area contributed by atoms with Crippen molar-refractivity contribution in [2.24, 2.45) is 0 Å². The van der Waals surface area contributed by atoms with E-state index >= 15 is 0 Å². The lowest BCUT2D eigenvalue weighted by molar-refractivity contribution is 0.171. The molecule has 8 heteroatoms. The summed E-state index contributed by atoms with van der Waals surface area (Å²) in [5, 5.41) is 0.651. The number of nitrogens with zero attached hydrogens (tertiary/aromatic N) is 1. The number of hydrogen-bond acceptors (Lipinski definition) is 4. The van der Waals surface area contributed by atoms with Gasteiger partial charge in [0.1, 0.15) is 13.2 Å². The molecule has 0 aromatic heterocycles. The van der Waals surface area contributed by atoms with Gasteiger partial charge in [0.2, 0.25) is 0 Å². The summed E-state index contributed by atoms with van der Waals surface area (Å²) >= 11 is 12.2. The summed E-state index contributed by atoms with van der Waals surface area (Å²) < 4.78 is 38.4. The van der Waals surface area contributed by atoms with Gasteiger partial charge in [0, 0.05) is 11.1 Å². The SMILES string of the molecule is C=CCN(c1cc(Cl)ccc1Cl)S(=O)(=O)c1ccc2c(c1)OCCO2. The molecule has 0 unspecified atom stereocenters. The largest absolute Gasteiger partial charge is 0.486 e. The van der Waals surface area contributed by atoms with Gasteiger partial charge >= 0.3 is 0 Å². The van der Waals surface area contributed by atoms with Crippen LogP contribution in [0.3, 0.4) is 0 Å². The Morgan fingerprint density at radius 2 is 1.80 bits per heavy atom. The van der Waals surface area contributed by atoms with E-state index in [1.54, 1.807) is 18.2 Å². The van der Waals surface area contributed by atoms with E-state index < -0.39 is 10.0 Å². The van der Waals surface area contributed by atoms with Crippen molar-refractivity contribution in [2.75, 3.05) is 24.1 Å². The highest BCUT2D eigenvalue weighted by Crippen LogP contribution is 2.36. The zero-order valence-electron chi connectivity index (χ0n) is 13.1. The van der Waals surface area contributed by atoms with Crippen LogP contribution in [0.2, 0.25) is 10.0 Å². The summed E-state index contributed by atoms with van der Waals surface area (Å²) in [4.78, 5) is 0.0645. The molecule has 0 amide bonds. The molecule has 2 aromatic rings. The normalized spacial score (nSPS) is 13.4. The van der Waals surface area contributed by atoms with E-state index in [-0.39, 0.29) is 22.2 Å². The minimum absolute atomic E-state index is 0.0385. The third kappa shape index (κ3) is 3.56. The quantitative estimate of drug-likeness (QED) is 0.708. The lowest BCUT2D eigenvalue weighted by Gasteiger charge is -2.25. The lowest BCUT2D eigenvalue weighted by Crippen LogP contribution is -2.31. The van der Waals surface area contributed by atoms with Gasteiger partial charge in [-0.3, -0.25) is 4.31 Å². The molecule has 3 rings (SSSR count). The maximum Gasteiger partial charge on any atom is 0.264 e. The first-order valence-corrected chi connectivity index (χ1v) is 9.61. The Labute approximate surface area is 156 Å². The number of rotatable bonds is 5.